The van der Waals surface area contributed by atoms with Crippen LogP contribution in [-0.4, -0.2) is 82.3 Å². The van der Waals surface area contributed by atoms with Gasteiger partial charge in [0.1, 0.15) is 23.3 Å². The predicted octanol–water partition coefficient (Wildman–Crippen LogP) is 4.41. The molecule has 0 aromatic heterocycles. The number of nitrogens with two attached hydrogens (primary N) is 2. The number of carbonyl (C=O) groups is 4. The van der Waals surface area contributed by atoms with Crippen molar-refractivity contribution in [2.45, 2.75) is 89.8 Å². The Bertz CT molecular complexity index is 1330. The van der Waals surface area contributed by atoms with Crippen molar-refractivity contribution in [3.8, 4) is 0 Å². The van der Waals surface area contributed by atoms with Crippen molar-refractivity contribution in [1.82, 2.24) is 9.80 Å². The molecule has 6 N–H and O–H groups in total. The van der Waals surface area contributed by atoms with E-state index in [2.05, 4.69) is 10.6 Å². The summed E-state index contributed by atoms with van der Waals surface area (Å²) in [5.74, 6) is -0.634. The average Bonchev–Trinajstić information content (AvgIpc) is 3.55. The fraction of sp³-hybridized carbons (Fsp3) is 0.471. The highest BCUT2D eigenvalue weighted by molar-refractivity contribution is 5.98. The molecule has 2 aliphatic heterocycles. The molecule has 4 atom stereocenters. The van der Waals surface area contributed by atoms with E-state index in [1.54, 1.807) is 65.8 Å². The third-order valence-corrected chi connectivity index (χ3v) is 7.35. The summed E-state index contributed by atoms with van der Waals surface area (Å²) >= 11 is 0. The van der Waals surface area contributed by atoms with Gasteiger partial charge in [0.05, 0.1) is 0 Å². The molecule has 0 bridgehead atoms. The number of anilines is 2. The maximum atomic E-state index is 13.0. The number of hydrogen-bond acceptors (Lipinski definition) is 8. The molecular weight excluding hydrogens is 588 g/mol. The molecule has 2 saturated heterocycles. The van der Waals surface area contributed by atoms with Crippen molar-refractivity contribution in [1.29, 1.82) is 0 Å². The molecule has 0 spiro atoms. The quantitative estimate of drug-likeness (QED) is 0.339. The summed E-state index contributed by atoms with van der Waals surface area (Å²) in [5.41, 5.74) is 13.8. The Morgan fingerprint density at radius 1 is 0.652 bits per heavy atom. The van der Waals surface area contributed by atoms with Gasteiger partial charge in [-0.3, -0.25) is 19.4 Å². The molecule has 0 unspecified atom stereocenters. The van der Waals surface area contributed by atoms with Gasteiger partial charge in [0.2, 0.25) is 11.8 Å². The molecule has 2 aromatic rings. The van der Waals surface area contributed by atoms with Crippen molar-refractivity contribution >= 4 is 47.5 Å². The highest BCUT2D eigenvalue weighted by Crippen LogP contribution is 2.24. The molecule has 46 heavy (non-hydrogen) atoms. The highest BCUT2D eigenvalue weighted by Gasteiger charge is 2.41. The maximum Gasteiger partial charge on any atom is 0.411 e. The first-order chi connectivity index (χ1) is 21.5. The Morgan fingerprint density at radius 2 is 0.978 bits per heavy atom. The summed E-state index contributed by atoms with van der Waals surface area (Å²) in [7, 11) is 0. The summed E-state index contributed by atoms with van der Waals surface area (Å²) in [6, 6.07) is 12.6. The van der Waals surface area contributed by atoms with Gasteiger partial charge < -0.3 is 31.6 Å². The van der Waals surface area contributed by atoms with Gasteiger partial charge >= 0.3 is 12.2 Å². The van der Waals surface area contributed by atoms with Crippen LogP contribution >= 0.6 is 0 Å². The summed E-state index contributed by atoms with van der Waals surface area (Å²) in [5, 5.41) is 5.76. The number of hydrogen-bond donors (Lipinski definition) is 4. The third-order valence-electron chi connectivity index (χ3n) is 7.35. The third kappa shape index (κ3) is 9.54. The lowest BCUT2D eigenvalue weighted by Crippen LogP contribution is -2.45. The molecule has 2 heterocycles. The Kier molecular flexibility index (Phi) is 10.4. The zero-order valence-corrected chi connectivity index (χ0v) is 27.4. The average molecular weight is 635 g/mol. The molecule has 4 amide bonds. The van der Waals surface area contributed by atoms with Crippen LogP contribution in [0.25, 0.3) is 12.2 Å². The monoisotopic (exact) mass is 634 g/mol. The number of likely N-dealkylation sites (tertiary alicyclic amines) is 2. The molecule has 4 rings (SSSR count). The van der Waals surface area contributed by atoms with Crippen LogP contribution in [0.1, 0.15) is 65.5 Å². The zero-order valence-electron chi connectivity index (χ0n) is 27.4. The van der Waals surface area contributed by atoms with Gasteiger partial charge in [-0.15, -0.1) is 0 Å². The van der Waals surface area contributed by atoms with E-state index in [4.69, 9.17) is 20.9 Å². The van der Waals surface area contributed by atoms with Crippen molar-refractivity contribution in [3.63, 3.8) is 0 Å². The van der Waals surface area contributed by atoms with Crippen molar-refractivity contribution in [2.24, 2.45) is 11.5 Å². The Hall–Kier alpha value is -4.42. The van der Waals surface area contributed by atoms with Crippen molar-refractivity contribution < 1.29 is 28.7 Å². The largest absolute Gasteiger partial charge is 0.444 e. The molecule has 2 aliphatic rings. The van der Waals surface area contributed by atoms with Crippen LogP contribution in [0.3, 0.4) is 0 Å². The second-order valence-electron chi connectivity index (χ2n) is 13.8. The van der Waals surface area contributed by atoms with Gasteiger partial charge in [0.25, 0.3) is 0 Å². The number of ether oxygens (including phenoxy) is 2. The van der Waals surface area contributed by atoms with E-state index in [1.807, 2.05) is 36.4 Å². The van der Waals surface area contributed by atoms with Crippen LogP contribution in [0.4, 0.5) is 21.0 Å². The number of amides is 4. The second-order valence-corrected chi connectivity index (χ2v) is 13.8. The molecular formula is C34H46N6O6. The smallest absolute Gasteiger partial charge is 0.411 e. The number of carbonyl (C=O) groups excluding carboxylic acids is 4. The molecule has 12 heteroatoms. The van der Waals surface area contributed by atoms with Crippen LogP contribution < -0.4 is 22.1 Å². The van der Waals surface area contributed by atoms with Crippen LogP contribution in [-0.2, 0) is 19.1 Å². The molecule has 0 aliphatic carbocycles. The lowest BCUT2D eigenvalue weighted by atomic mass is 10.1. The van der Waals surface area contributed by atoms with E-state index in [-0.39, 0.29) is 37.0 Å². The molecule has 12 nitrogen and oxygen atoms in total. The number of rotatable bonds is 6. The SMILES string of the molecule is CC(C)(C)OC(=O)N1C[C@@H](N)C[C@H]1C(=O)Nc1ccc(C=Cc2ccc(NC(=O)[C@@H]3C[C@H](N)CN3C(=O)OC(C)(C)C)cc2)cc1. The zero-order chi connectivity index (χ0) is 33.8. The van der Waals surface area contributed by atoms with Gasteiger partial charge in [-0.1, -0.05) is 36.4 Å². The second kappa shape index (κ2) is 13.9. The topological polar surface area (TPSA) is 169 Å². The van der Waals surface area contributed by atoms with Crippen LogP contribution in [0.2, 0.25) is 0 Å². The van der Waals surface area contributed by atoms with Crippen LogP contribution in [0.15, 0.2) is 48.5 Å². The standard InChI is InChI=1S/C34H46N6O6/c1-33(2,3)45-31(43)39-19-23(35)17-27(39)29(41)37-25-13-9-21(10-14-25)7-8-22-11-15-26(16-12-22)38-30(42)28-18-24(36)20-40(28)32(44)46-34(4,5)6/h7-16,23-24,27-28H,17-20,35-36H2,1-6H3,(H,37,41)(H,38,42)/t23-,24-,27-,28-/m0/s1. The van der Waals surface area contributed by atoms with Gasteiger partial charge in [-0.05, 0) is 89.8 Å². The molecule has 0 saturated carbocycles. The molecule has 248 valence electrons. The minimum atomic E-state index is -0.711. The highest BCUT2D eigenvalue weighted by atomic mass is 16.6. The summed E-state index contributed by atoms with van der Waals surface area (Å²) < 4.78 is 10.9. The first-order valence-corrected chi connectivity index (χ1v) is 15.5. The predicted molar refractivity (Wildman–Crippen MR) is 178 cm³/mol. The van der Waals surface area contributed by atoms with Gasteiger partial charge in [0.15, 0.2) is 0 Å². The molecule has 0 radical (unpaired) electrons. The minimum absolute atomic E-state index is 0.256. The summed E-state index contributed by atoms with van der Waals surface area (Å²) in [6.07, 6.45) is 3.46. The van der Waals surface area contributed by atoms with Gasteiger partial charge in [-0.25, -0.2) is 9.59 Å². The maximum absolute atomic E-state index is 13.0. The fourth-order valence-electron chi connectivity index (χ4n) is 5.28. The Labute approximate surface area is 270 Å². The number of nitrogens with one attached hydrogen (secondary N) is 2. The number of nitrogens with zero attached hydrogens (tertiary/aromatic N) is 2. The van der Waals surface area contributed by atoms with E-state index < -0.39 is 35.5 Å². The van der Waals surface area contributed by atoms with Crippen molar-refractivity contribution in [3.05, 3.63) is 59.7 Å². The lowest BCUT2D eigenvalue weighted by molar-refractivity contribution is -0.121. The number of benzene rings is 2. The first-order valence-electron chi connectivity index (χ1n) is 15.5. The van der Waals surface area contributed by atoms with Gasteiger partial charge in [-0.2, -0.15) is 0 Å². The van der Waals surface area contributed by atoms with Crippen LogP contribution in [0, 0.1) is 0 Å². The minimum Gasteiger partial charge on any atom is -0.444 e. The van der Waals surface area contributed by atoms with E-state index in [1.165, 1.54) is 9.80 Å². The van der Waals surface area contributed by atoms with E-state index >= 15 is 0 Å². The first kappa shape index (κ1) is 34.5. The normalized spacial score (nSPS) is 21.7. The van der Waals surface area contributed by atoms with E-state index in [9.17, 15) is 19.2 Å². The summed E-state index contributed by atoms with van der Waals surface area (Å²) in [6.45, 7) is 11.2. The van der Waals surface area contributed by atoms with Crippen LogP contribution in [0.5, 0.6) is 0 Å². The molecule has 2 aromatic carbocycles. The van der Waals surface area contributed by atoms with Crippen molar-refractivity contribution in [2.75, 3.05) is 23.7 Å². The van der Waals surface area contributed by atoms with E-state index in [0.717, 1.165) is 11.1 Å². The van der Waals surface area contributed by atoms with E-state index in [0.29, 0.717) is 24.2 Å². The summed E-state index contributed by atoms with van der Waals surface area (Å²) in [4.78, 5) is 54.1. The molecule has 2 fully saturated rings. The Morgan fingerprint density at radius 3 is 1.28 bits per heavy atom. The Balaban J connectivity index is 1.31. The fourth-order valence-corrected chi connectivity index (χ4v) is 5.28. The lowest BCUT2D eigenvalue weighted by Gasteiger charge is -2.28. The van der Waals surface area contributed by atoms with Gasteiger partial charge in [0, 0.05) is 36.5 Å².